The van der Waals surface area contributed by atoms with Crippen LogP contribution < -0.4 is 5.32 Å². The third-order valence-electron chi connectivity index (χ3n) is 2.24. The lowest BCUT2D eigenvalue weighted by atomic mass is 10.1. The first-order valence-corrected chi connectivity index (χ1v) is 4.97. The van der Waals surface area contributed by atoms with E-state index >= 15 is 0 Å². The van der Waals surface area contributed by atoms with Crippen molar-refractivity contribution in [3.8, 4) is 0 Å². The van der Waals surface area contributed by atoms with Gasteiger partial charge in [-0.1, -0.05) is 0 Å². The molecule has 0 aliphatic carbocycles. The van der Waals surface area contributed by atoms with E-state index in [1.165, 1.54) is 0 Å². The molecule has 1 N–H and O–H groups in total. The second-order valence-electron chi connectivity index (χ2n) is 3.54. The lowest BCUT2D eigenvalue weighted by Gasteiger charge is -2.22. The maximum absolute atomic E-state index is 11.8. The molecule has 0 saturated carbocycles. The molecule has 1 saturated heterocycles. The van der Waals surface area contributed by atoms with Gasteiger partial charge in [0.2, 0.25) is 0 Å². The molecule has 0 aromatic carbocycles. The number of nitrogens with one attached hydrogen (secondary N) is 1. The van der Waals surface area contributed by atoms with Crippen molar-refractivity contribution in [2.75, 3.05) is 19.7 Å². The van der Waals surface area contributed by atoms with Crippen molar-refractivity contribution < 1.29 is 17.9 Å². The summed E-state index contributed by atoms with van der Waals surface area (Å²) >= 11 is 0. The fourth-order valence-corrected chi connectivity index (χ4v) is 1.48. The van der Waals surface area contributed by atoms with Crippen molar-refractivity contribution in [1.82, 2.24) is 5.32 Å². The van der Waals surface area contributed by atoms with Gasteiger partial charge in [-0.2, -0.15) is 13.2 Å². The monoisotopic (exact) mass is 211 g/mol. The van der Waals surface area contributed by atoms with E-state index in [-0.39, 0.29) is 19.1 Å². The number of rotatable bonds is 4. The maximum Gasteiger partial charge on any atom is 0.389 e. The maximum atomic E-state index is 11.8. The highest BCUT2D eigenvalue weighted by molar-refractivity contribution is 4.68. The van der Waals surface area contributed by atoms with E-state index in [0.717, 1.165) is 25.9 Å². The molecule has 0 bridgehead atoms. The molecule has 0 amide bonds. The molecule has 0 unspecified atom stereocenters. The highest BCUT2D eigenvalue weighted by atomic mass is 19.4. The van der Waals surface area contributed by atoms with Crippen LogP contribution in [0.3, 0.4) is 0 Å². The zero-order valence-corrected chi connectivity index (χ0v) is 8.07. The van der Waals surface area contributed by atoms with Crippen LogP contribution in [-0.4, -0.2) is 32.0 Å². The zero-order chi connectivity index (χ0) is 10.4. The molecule has 84 valence electrons. The molecule has 1 aliphatic heterocycles. The topological polar surface area (TPSA) is 21.3 Å². The third-order valence-corrected chi connectivity index (χ3v) is 2.24. The summed E-state index contributed by atoms with van der Waals surface area (Å²) in [6.07, 6.45) is -2.73. The molecule has 5 heteroatoms. The molecule has 1 heterocycles. The average molecular weight is 211 g/mol. The predicted molar refractivity (Wildman–Crippen MR) is 47.1 cm³/mol. The minimum Gasteiger partial charge on any atom is -0.378 e. The summed E-state index contributed by atoms with van der Waals surface area (Å²) in [5.74, 6) is 0. The smallest absolute Gasteiger partial charge is 0.378 e. The normalized spacial score (nSPS) is 19.9. The second-order valence-corrected chi connectivity index (χ2v) is 3.54. The van der Waals surface area contributed by atoms with E-state index in [1.807, 2.05) is 0 Å². The zero-order valence-electron chi connectivity index (χ0n) is 8.07. The van der Waals surface area contributed by atoms with Gasteiger partial charge in [0.25, 0.3) is 0 Å². The molecule has 0 aromatic rings. The summed E-state index contributed by atoms with van der Waals surface area (Å²) < 4.78 is 40.6. The van der Waals surface area contributed by atoms with Crippen molar-refractivity contribution in [3.05, 3.63) is 0 Å². The van der Waals surface area contributed by atoms with Gasteiger partial charge in [-0.15, -0.1) is 0 Å². The van der Waals surface area contributed by atoms with Crippen LogP contribution in [0.15, 0.2) is 0 Å². The molecule has 0 radical (unpaired) electrons. The first kappa shape index (κ1) is 11.8. The summed E-state index contributed by atoms with van der Waals surface area (Å²) in [5.41, 5.74) is 0. The highest BCUT2D eigenvalue weighted by Gasteiger charge is 2.26. The molecule has 0 spiro atoms. The summed E-state index contributed by atoms with van der Waals surface area (Å²) in [4.78, 5) is 0. The molecule has 1 aliphatic rings. The first-order chi connectivity index (χ1) is 6.58. The highest BCUT2D eigenvalue weighted by Crippen LogP contribution is 2.21. The van der Waals surface area contributed by atoms with E-state index in [1.54, 1.807) is 0 Å². The predicted octanol–water partition coefficient (Wildman–Crippen LogP) is 2.10. The minimum absolute atomic E-state index is 0.0768. The molecule has 14 heavy (non-hydrogen) atoms. The van der Waals surface area contributed by atoms with Gasteiger partial charge in [0.1, 0.15) is 0 Å². The SMILES string of the molecule is FC(F)(F)CCCOC1CCNCC1. The van der Waals surface area contributed by atoms with Crippen LogP contribution in [0, 0.1) is 0 Å². The molecule has 2 nitrogen and oxygen atoms in total. The van der Waals surface area contributed by atoms with Crippen LogP contribution in [-0.2, 0) is 4.74 Å². The van der Waals surface area contributed by atoms with Gasteiger partial charge in [0.15, 0.2) is 0 Å². The van der Waals surface area contributed by atoms with Crippen molar-refractivity contribution >= 4 is 0 Å². The fourth-order valence-electron chi connectivity index (χ4n) is 1.48. The molecule has 1 rings (SSSR count). The van der Waals surface area contributed by atoms with Crippen LogP contribution in [0.25, 0.3) is 0 Å². The number of alkyl halides is 3. The van der Waals surface area contributed by atoms with Gasteiger partial charge in [-0.3, -0.25) is 0 Å². The van der Waals surface area contributed by atoms with E-state index in [9.17, 15) is 13.2 Å². The van der Waals surface area contributed by atoms with Crippen molar-refractivity contribution in [1.29, 1.82) is 0 Å². The van der Waals surface area contributed by atoms with Crippen LogP contribution in [0.1, 0.15) is 25.7 Å². The van der Waals surface area contributed by atoms with Gasteiger partial charge in [0.05, 0.1) is 6.10 Å². The van der Waals surface area contributed by atoms with Crippen molar-refractivity contribution in [2.45, 2.75) is 38.0 Å². The van der Waals surface area contributed by atoms with Gasteiger partial charge in [-0.25, -0.2) is 0 Å². The minimum atomic E-state index is -4.04. The van der Waals surface area contributed by atoms with Gasteiger partial charge in [-0.05, 0) is 32.4 Å². The number of hydrogen-bond donors (Lipinski definition) is 1. The van der Waals surface area contributed by atoms with Crippen LogP contribution in [0.5, 0.6) is 0 Å². The molecule has 0 aromatic heterocycles. The quantitative estimate of drug-likeness (QED) is 0.719. The summed E-state index contributed by atoms with van der Waals surface area (Å²) in [7, 11) is 0. The van der Waals surface area contributed by atoms with E-state index in [2.05, 4.69) is 5.32 Å². The Hall–Kier alpha value is -0.290. The molecular formula is C9H16F3NO. The Bertz CT molecular complexity index is 155. The Balaban J connectivity index is 1.97. The first-order valence-electron chi connectivity index (χ1n) is 4.97. The Morgan fingerprint density at radius 3 is 2.43 bits per heavy atom. The number of piperidine rings is 1. The van der Waals surface area contributed by atoms with Gasteiger partial charge >= 0.3 is 6.18 Å². The Labute approximate surface area is 81.8 Å². The van der Waals surface area contributed by atoms with Gasteiger partial charge < -0.3 is 10.1 Å². The fraction of sp³-hybridized carbons (Fsp3) is 1.00. The van der Waals surface area contributed by atoms with Crippen molar-refractivity contribution in [3.63, 3.8) is 0 Å². The largest absolute Gasteiger partial charge is 0.389 e. The standard InChI is InChI=1S/C9H16F3NO/c10-9(11,12)4-1-7-14-8-2-5-13-6-3-8/h8,13H,1-7H2. The van der Waals surface area contributed by atoms with Crippen LogP contribution in [0.2, 0.25) is 0 Å². The van der Waals surface area contributed by atoms with E-state index in [0.29, 0.717) is 0 Å². The number of ether oxygens (including phenoxy) is 1. The molecular weight excluding hydrogens is 195 g/mol. The molecule has 1 fully saturated rings. The number of hydrogen-bond acceptors (Lipinski definition) is 2. The van der Waals surface area contributed by atoms with E-state index < -0.39 is 12.6 Å². The van der Waals surface area contributed by atoms with E-state index in [4.69, 9.17) is 4.74 Å². The van der Waals surface area contributed by atoms with Crippen molar-refractivity contribution in [2.24, 2.45) is 0 Å². The Morgan fingerprint density at radius 2 is 1.86 bits per heavy atom. The third kappa shape index (κ3) is 5.44. The summed E-state index contributed by atoms with van der Waals surface area (Å²) in [6, 6.07) is 0. The Kier molecular flexibility index (Phi) is 4.68. The number of halogens is 3. The average Bonchev–Trinajstić information content (AvgIpc) is 2.13. The molecule has 0 atom stereocenters. The Morgan fingerprint density at radius 1 is 1.21 bits per heavy atom. The van der Waals surface area contributed by atoms with Crippen LogP contribution >= 0.6 is 0 Å². The summed E-state index contributed by atoms with van der Waals surface area (Å²) in [6.45, 7) is 2.04. The van der Waals surface area contributed by atoms with Gasteiger partial charge in [0, 0.05) is 13.0 Å². The lowest BCUT2D eigenvalue weighted by molar-refractivity contribution is -0.139. The van der Waals surface area contributed by atoms with Crippen LogP contribution in [0.4, 0.5) is 13.2 Å². The summed E-state index contributed by atoms with van der Waals surface area (Å²) in [5, 5.41) is 3.17. The lowest BCUT2D eigenvalue weighted by Crippen LogP contribution is -2.32. The second kappa shape index (κ2) is 5.56.